The van der Waals surface area contributed by atoms with E-state index in [-0.39, 0.29) is 36.6 Å². The predicted octanol–water partition coefficient (Wildman–Crippen LogP) is 3.83. The van der Waals surface area contributed by atoms with E-state index in [0.29, 0.717) is 43.5 Å². The first-order valence-electron chi connectivity index (χ1n) is 12.5. The number of amides is 4. The topological polar surface area (TPSA) is 86.8 Å². The number of unbranched alkanes of at least 4 members (excludes halogenated alkanes) is 1. The number of hydrogen-bond donors (Lipinski definition) is 1. The van der Waals surface area contributed by atoms with E-state index in [0.717, 1.165) is 18.4 Å². The first kappa shape index (κ1) is 26.1. The fourth-order valence-corrected chi connectivity index (χ4v) is 4.38. The van der Waals surface area contributed by atoms with Crippen LogP contribution in [0.4, 0.5) is 0 Å². The van der Waals surface area contributed by atoms with Crippen LogP contribution in [0.15, 0.2) is 54.6 Å². The van der Waals surface area contributed by atoms with Crippen molar-refractivity contribution < 1.29 is 19.2 Å². The molecule has 1 aliphatic rings. The molecule has 3 rings (SSSR count). The van der Waals surface area contributed by atoms with Crippen molar-refractivity contribution in [2.45, 2.75) is 58.4 Å². The monoisotopic (exact) mass is 477 g/mol. The van der Waals surface area contributed by atoms with Crippen LogP contribution in [-0.2, 0) is 16.0 Å². The molecule has 2 aromatic rings. The Morgan fingerprint density at radius 2 is 1.54 bits per heavy atom. The molecule has 0 unspecified atom stereocenters. The van der Waals surface area contributed by atoms with Gasteiger partial charge >= 0.3 is 0 Å². The van der Waals surface area contributed by atoms with Crippen LogP contribution in [-0.4, -0.2) is 59.1 Å². The van der Waals surface area contributed by atoms with Crippen molar-refractivity contribution in [3.63, 3.8) is 0 Å². The van der Waals surface area contributed by atoms with Gasteiger partial charge in [0.2, 0.25) is 11.8 Å². The van der Waals surface area contributed by atoms with Gasteiger partial charge in [-0.25, -0.2) is 0 Å². The van der Waals surface area contributed by atoms with Crippen molar-refractivity contribution in [3.05, 3.63) is 71.3 Å². The number of hydrogen-bond acceptors (Lipinski definition) is 4. The predicted molar refractivity (Wildman–Crippen MR) is 135 cm³/mol. The standard InChI is InChI=1S/C28H35N3O4/c1-3-5-18-29-26(33)24(4-2)30(20-17-21-12-7-6-8-13-21)25(32)16-11-19-31-27(34)22-14-9-10-15-23(22)28(31)35/h6-10,12-15,24H,3-5,11,16-20H2,1-2H3,(H,29,33)/t24-/m0/s1. The van der Waals surface area contributed by atoms with Gasteiger partial charge in [0.05, 0.1) is 11.1 Å². The number of fused-ring (bicyclic) bond motifs is 1. The minimum atomic E-state index is -0.553. The molecule has 0 radical (unpaired) electrons. The van der Waals surface area contributed by atoms with E-state index in [1.54, 1.807) is 29.2 Å². The molecule has 0 aliphatic carbocycles. The Labute approximate surface area is 207 Å². The first-order valence-corrected chi connectivity index (χ1v) is 12.5. The third-order valence-electron chi connectivity index (χ3n) is 6.35. The molecule has 0 bridgehead atoms. The Morgan fingerprint density at radius 1 is 0.914 bits per heavy atom. The van der Waals surface area contributed by atoms with Crippen LogP contribution in [0.5, 0.6) is 0 Å². The summed E-state index contributed by atoms with van der Waals surface area (Å²) in [5, 5.41) is 2.96. The summed E-state index contributed by atoms with van der Waals surface area (Å²) >= 11 is 0. The Morgan fingerprint density at radius 3 is 2.14 bits per heavy atom. The van der Waals surface area contributed by atoms with Crippen molar-refractivity contribution in [3.8, 4) is 0 Å². The first-order chi connectivity index (χ1) is 17.0. The smallest absolute Gasteiger partial charge is 0.261 e. The highest BCUT2D eigenvalue weighted by Crippen LogP contribution is 2.23. The fourth-order valence-electron chi connectivity index (χ4n) is 4.38. The second-order valence-corrected chi connectivity index (χ2v) is 8.80. The van der Waals surface area contributed by atoms with E-state index < -0.39 is 6.04 Å². The molecule has 2 aromatic carbocycles. The average Bonchev–Trinajstić information content (AvgIpc) is 3.12. The zero-order valence-corrected chi connectivity index (χ0v) is 20.7. The summed E-state index contributed by atoms with van der Waals surface area (Å²) in [6.07, 6.45) is 3.52. The van der Waals surface area contributed by atoms with Gasteiger partial charge in [0.25, 0.3) is 11.8 Å². The molecule has 0 fully saturated rings. The maximum atomic E-state index is 13.3. The van der Waals surface area contributed by atoms with Gasteiger partial charge in [-0.15, -0.1) is 0 Å². The lowest BCUT2D eigenvalue weighted by Gasteiger charge is -2.31. The van der Waals surface area contributed by atoms with Gasteiger partial charge in [0, 0.05) is 26.1 Å². The van der Waals surface area contributed by atoms with E-state index in [9.17, 15) is 19.2 Å². The third kappa shape index (κ3) is 6.56. The molecular formula is C28H35N3O4. The Balaban J connectivity index is 1.64. The number of benzene rings is 2. The lowest BCUT2D eigenvalue weighted by molar-refractivity contribution is -0.140. The van der Waals surface area contributed by atoms with Crippen LogP contribution < -0.4 is 5.32 Å². The number of carbonyl (C=O) groups excluding carboxylic acids is 4. The summed E-state index contributed by atoms with van der Waals surface area (Å²) in [5.41, 5.74) is 1.91. The lowest BCUT2D eigenvalue weighted by Crippen LogP contribution is -2.50. The zero-order chi connectivity index (χ0) is 25.2. The molecule has 0 saturated heterocycles. The summed E-state index contributed by atoms with van der Waals surface area (Å²) < 4.78 is 0. The number of nitrogens with zero attached hydrogens (tertiary/aromatic N) is 2. The van der Waals surface area contributed by atoms with Gasteiger partial charge in [-0.05, 0) is 43.4 Å². The van der Waals surface area contributed by atoms with Crippen LogP contribution in [0, 0.1) is 0 Å². The third-order valence-corrected chi connectivity index (χ3v) is 6.35. The zero-order valence-electron chi connectivity index (χ0n) is 20.7. The molecule has 0 spiro atoms. The number of rotatable bonds is 13. The molecule has 1 atom stereocenters. The largest absolute Gasteiger partial charge is 0.354 e. The normalized spacial score (nSPS) is 13.5. The summed E-state index contributed by atoms with van der Waals surface area (Å²) in [7, 11) is 0. The maximum absolute atomic E-state index is 13.3. The molecule has 0 aromatic heterocycles. The summed E-state index contributed by atoms with van der Waals surface area (Å²) in [6.45, 7) is 5.16. The number of nitrogens with one attached hydrogen (secondary N) is 1. The van der Waals surface area contributed by atoms with Crippen LogP contribution in [0.3, 0.4) is 0 Å². The molecule has 1 aliphatic heterocycles. The Kier molecular flexibility index (Phi) is 9.58. The van der Waals surface area contributed by atoms with Crippen LogP contribution in [0.2, 0.25) is 0 Å². The molecule has 7 nitrogen and oxygen atoms in total. The van der Waals surface area contributed by atoms with Crippen LogP contribution in [0.25, 0.3) is 0 Å². The van der Waals surface area contributed by atoms with E-state index in [1.165, 1.54) is 4.90 Å². The quantitative estimate of drug-likeness (QED) is 0.351. The Hall–Kier alpha value is -3.48. The fraction of sp³-hybridized carbons (Fsp3) is 0.429. The van der Waals surface area contributed by atoms with E-state index in [4.69, 9.17) is 0 Å². The highest BCUT2D eigenvalue weighted by Gasteiger charge is 2.35. The van der Waals surface area contributed by atoms with Gasteiger partial charge in [0.15, 0.2) is 0 Å². The average molecular weight is 478 g/mol. The second kappa shape index (κ2) is 12.8. The summed E-state index contributed by atoms with van der Waals surface area (Å²) in [6, 6.07) is 16.1. The van der Waals surface area contributed by atoms with E-state index >= 15 is 0 Å². The van der Waals surface area contributed by atoms with E-state index in [2.05, 4.69) is 12.2 Å². The Bertz CT molecular complexity index is 1000. The SMILES string of the molecule is CCCCNC(=O)[C@H](CC)N(CCc1ccccc1)C(=O)CCCN1C(=O)c2ccccc2C1=O. The van der Waals surface area contributed by atoms with Crippen LogP contribution >= 0.6 is 0 Å². The lowest BCUT2D eigenvalue weighted by atomic mass is 10.1. The van der Waals surface area contributed by atoms with Gasteiger partial charge in [-0.1, -0.05) is 62.7 Å². The van der Waals surface area contributed by atoms with Gasteiger partial charge < -0.3 is 10.2 Å². The second-order valence-electron chi connectivity index (χ2n) is 8.80. The molecular weight excluding hydrogens is 442 g/mol. The maximum Gasteiger partial charge on any atom is 0.261 e. The highest BCUT2D eigenvalue weighted by molar-refractivity contribution is 6.21. The van der Waals surface area contributed by atoms with Crippen molar-refractivity contribution >= 4 is 23.6 Å². The highest BCUT2D eigenvalue weighted by atomic mass is 16.2. The molecule has 0 saturated carbocycles. The number of imide groups is 1. The number of carbonyl (C=O) groups is 4. The summed E-state index contributed by atoms with van der Waals surface area (Å²) in [4.78, 5) is 54.3. The molecule has 1 heterocycles. The van der Waals surface area contributed by atoms with Crippen molar-refractivity contribution in [1.82, 2.24) is 15.1 Å². The molecule has 1 N–H and O–H groups in total. The molecule has 186 valence electrons. The molecule has 7 heteroatoms. The summed E-state index contributed by atoms with van der Waals surface area (Å²) in [5.74, 6) is -0.917. The van der Waals surface area contributed by atoms with Crippen molar-refractivity contribution in [1.29, 1.82) is 0 Å². The molecule has 4 amide bonds. The van der Waals surface area contributed by atoms with Gasteiger partial charge in [0.1, 0.15) is 6.04 Å². The van der Waals surface area contributed by atoms with Crippen LogP contribution in [0.1, 0.15) is 72.2 Å². The van der Waals surface area contributed by atoms with Crippen molar-refractivity contribution in [2.24, 2.45) is 0 Å². The van der Waals surface area contributed by atoms with E-state index in [1.807, 2.05) is 37.3 Å². The van der Waals surface area contributed by atoms with Gasteiger partial charge in [-0.2, -0.15) is 0 Å². The minimum Gasteiger partial charge on any atom is -0.354 e. The van der Waals surface area contributed by atoms with Gasteiger partial charge in [-0.3, -0.25) is 24.1 Å². The minimum absolute atomic E-state index is 0.136. The van der Waals surface area contributed by atoms with Crippen molar-refractivity contribution in [2.75, 3.05) is 19.6 Å². The molecule has 35 heavy (non-hydrogen) atoms.